The molecule has 2 heterocycles. The zero-order valence-corrected chi connectivity index (χ0v) is 19.0. The fraction of sp³-hybridized carbons (Fsp3) is 0.583. The Morgan fingerprint density at radius 3 is 2.20 bits per heavy atom. The molecule has 1 fully saturated rings. The molecule has 0 amide bonds. The van der Waals surface area contributed by atoms with Gasteiger partial charge >= 0.3 is 0 Å². The predicted molar refractivity (Wildman–Crippen MR) is 121 cm³/mol. The molecule has 1 aromatic heterocycles. The third kappa shape index (κ3) is 6.59. The van der Waals surface area contributed by atoms with Crippen molar-refractivity contribution in [3.05, 3.63) is 41.7 Å². The van der Waals surface area contributed by atoms with E-state index in [2.05, 4.69) is 39.2 Å². The molecule has 30 heavy (non-hydrogen) atoms. The first-order valence-corrected chi connectivity index (χ1v) is 11.2. The summed E-state index contributed by atoms with van der Waals surface area (Å²) in [5, 5.41) is 3.49. The van der Waals surface area contributed by atoms with Gasteiger partial charge in [-0.2, -0.15) is 0 Å². The summed E-state index contributed by atoms with van der Waals surface area (Å²) < 4.78 is 11.9. The zero-order valence-electron chi connectivity index (χ0n) is 19.0. The molecule has 1 aliphatic rings. The number of likely N-dealkylation sites (tertiary alicyclic amines) is 1. The average Bonchev–Trinajstić information content (AvgIpc) is 2.71. The summed E-state index contributed by atoms with van der Waals surface area (Å²) in [4.78, 5) is 11.4. The molecule has 0 aliphatic carbocycles. The Morgan fingerprint density at radius 2 is 1.60 bits per heavy atom. The number of anilines is 1. The minimum Gasteiger partial charge on any atom is -0.487 e. The molecule has 0 atom stereocenters. The number of hydrogen-bond donors (Lipinski definition) is 1. The lowest BCUT2D eigenvalue weighted by molar-refractivity contribution is 0.196. The van der Waals surface area contributed by atoms with Crippen LogP contribution in [0.5, 0.6) is 11.5 Å². The normalized spacial score (nSPS) is 15.6. The molecule has 0 spiro atoms. The zero-order chi connectivity index (χ0) is 21.5. The van der Waals surface area contributed by atoms with Gasteiger partial charge in [0.1, 0.15) is 0 Å². The Morgan fingerprint density at radius 1 is 0.967 bits per heavy atom. The second-order valence-electron chi connectivity index (χ2n) is 8.58. The third-order valence-electron chi connectivity index (χ3n) is 5.17. The highest BCUT2D eigenvalue weighted by Crippen LogP contribution is 2.31. The summed E-state index contributed by atoms with van der Waals surface area (Å²) in [5.74, 6) is 2.39. The van der Waals surface area contributed by atoms with Crippen molar-refractivity contribution in [1.29, 1.82) is 0 Å². The van der Waals surface area contributed by atoms with Crippen molar-refractivity contribution in [2.75, 3.05) is 18.4 Å². The number of ether oxygens (including phenoxy) is 2. The highest BCUT2D eigenvalue weighted by atomic mass is 16.5. The van der Waals surface area contributed by atoms with Crippen molar-refractivity contribution in [1.82, 2.24) is 14.9 Å². The lowest BCUT2D eigenvalue weighted by Crippen LogP contribution is -2.39. The Bertz CT molecular complexity index is 784. The smallest absolute Gasteiger partial charge is 0.222 e. The van der Waals surface area contributed by atoms with E-state index in [1.165, 1.54) is 11.1 Å². The van der Waals surface area contributed by atoms with Gasteiger partial charge in [-0.1, -0.05) is 13.0 Å². The van der Waals surface area contributed by atoms with Crippen molar-refractivity contribution >= 4 is 5.95 Å². The third-order valence-corrected chi connectivity index (χ3v) is 5.17. The maximum Gasteiger partial charge on any atom is 0.222 e. The predicted octanol–water partition coefficient (Wildman–Crippen LogP) is 4.69. The summed E-state index contributed by atoms with van der Waals surface area (Å²) in [7, 11) is 0. The van der Waals surface area contributed by atoms with Crippen LogP contribution in [0, 0.1) is 0 Å². The first kappa shape index (κ1) is 22.3. The molecule has 2 aromatic rings. The van der Waals surface area contributed by atoms with E-state index in [-0.39, 0.29) is 12.2 Å². The van der Waals surface area contributed by atoms with Crippen molar-refractivity contribution in [3.8, 4) is 11.5 Å². The van der Waals surface area contributed by atoms with Gasteiger partial charge in [-0.25, -0.2) is 9.97 Å². The Hall–Kier alpha value is -2.34. The van der Waals surface area contributed by atoms with Crippen LogP contribution in [0.4, 0.5) is 5.95 Å². The summed E-state index contributed by atoms with van der Waals surface area (Å²) in [6.45, 7) is 13.3. The fourth-order valence-electron chi connectivity index (χ4n) is 3.64. The van der Waals surface area contributed by atoms with Crippen molar-refractivity contribution in [3.63, 3.8) is 0 Å². The SMILES string of the molecule is CCc1cnc(NC2CCN(Cc3ccc(OC(C)C)c(OC(C)C)c3)CC2)nc1. The topological polar surface area (TPSA) is 59.5 Å². The number of piperidine rings is 1. The summed E-state index contributed by atoms with van der Waals surface area (Å²) in [6.07, 6.45) is 7.20. The maximum absolute atomic E-state index is 6.01. The molecule has 3 rings (SSSR count). The van der Waals surface area contributed by atoms with Gasteiger partial charge in [-0.15, -0.1) is 0 Å². The summed E-state index contributed by atoms with van der Waals surface area (Å²) in [5.41, 5.74) is 2.42. The van der Waals surface area contributed by atoms with Gasteiger partial charge in [0.05, 0.1) is 12.2 Å². The lowest BCUT2D eigenvalue weighted by atomic mass is 10.0. The number of rotatable bonds is 9. The van der Waals surface area contributed by atoms with Gasteiger partial charge in [-0.05, 0) is 70.2 Å². The van der Waals surface area contributed by atoms with Gasteiger partial charge in [-0.3, -0.25) is 4.90 Å². The molecule has 6 heteroatoms. The van der Waals surface area contributed by atoms with Crippen LogP contribution in [0.3, 0.4) is 0 Å². The van der Waals surface area contributed by atoms with E-state index in [0.29, 0.717) is 6.04 Å². The van der Waals surface area contributed by atoms with Crippen LogP contribution in [0.15, 0.2) is 30.6 Å². The molecule has 164 valence electrons. The van der Waals surface area contributed by atoms with Gasteiger partial charge in [0.25, 0.3) is 0 Å². The van der Waals surface area contributed by atoms with Crippen molar-refractivity contribution in [2.24, 2.45) is 0 Å². The van der Waals surface area contributed by atoms with Gasteiger partial charge in [0.15, 0.2) is 11.5 Å². The molecule has 0 radical (unpaired) electrons. The van der Waals surface area contributed by atoms with Gasteiger partial charge in [0.2, 0.25) is 5.95 Å². The number of hydrogen-bond acceptors (Lipinski definition) is 6. The number of nitrogens with one attached hydrogen (secondary N) is 1. The van der Waals surface area contributed by atoms with Crippen LogP contribution < -0.4 is 14.8 Å². The van der Waals surface area contributed by atoms with E-state index in [1.807, 2.05) is 46.2 Å². The van der Waals surface area contributed by atoms with Crippen molar-refractivity contribution < 1.29 is 9.47 Å². The molecule has 6 nitrogen and oxygen atoms in total. The Labute approximate surface area is 181 Å². The monoisotopic (exact) mass is 412 g/mol. The lowest BCUT2D eigenvalue weighted by Gasteiger charge is -2.32. The van der Waals surface area contributed by atoms with Gasteiger partial charge < -0.3 is 14.8 Å². The second-order valence-corrected chi connectivity index (χ2v) is 8.58. The van der Waals surface area contributed by atoms with Crippen LogP contribution in [0.2, 0.25) is 0 Å². The molecule has 0 unspecified atom stereocenters. The molecule has 1 aliphatic heterocycles. The van der Waals surface area contributed by atoms with Crippen molar-refractivity contribution in [2.45, 2.75) is 78.7 Å². The van der Waals surface area contributed by atoms with Crippen LogP contribution in [-0.2, 0) is 13.0 Å². The Balaban J connectivity index is 1.54. The molecule has 0 saturated carbocycles. The number of aromatic nitrogens is 2. The molecule has 1 saturated heterocycles. The quantitative estimate of drug-likeness (QED) is 0.645. The summed E-state index contributed by atoms with van der Waals surface area (Å²) in [6, 6.07) is 6.75. The van der Waals surface area contributed by atoms with Gasteiger partial charge in [0, 0.05) is 38.1 Å². The highest BCUT2D eigenvalue weighted by Gasteiger charge is 2.20. The average molecular weight is 413 g/mol. The second kappa shape index (κ2) is 10.6. The van der Waals surface area contributed by atoms with E-state index in [4.69, 9.17) is 9.47 Å². The minimum absolute atomic E-state index is 0.116. The van der Waals surface area contributed by atoms with E-state index < -0.39 is 0 Å². The molecule has 1 N–H and O–H groups in total. The highest BCUT2D eigenvalue weighted by molar-refractivity contribution is 5.43. The molecular formula is C24H36N4O2. The first-order valence-electron chi connectivity index (χ1n) is 11.2. The Kier molecular flexibility index (Phi) is 7.91. The molecule has 0 bridgehead atoms. The minimum atomic E-state index is 0.116. The number of nitrogens with zero attached hydrogens (tertiary/aromatic N) is 3. The van der Waals surface area contributed by atoms with Crippen LogP contribution in [-0.4, -0.2) is 46.2 Å². The van der Waals surface area contributed by atoms with Crippen LogP contribution in [0.25, 0.3) is 0 Å². The summed E-state index contributed by atoms with van der Waals surface area (Å²) >= 11 is 0. The number of aryl methyl sites for hydroxylation is 1. The van der Waals surface area contributed by atoms with E-state index in [1.54, 1.807) is 0 Å². The fourth-order valence-corrected chi connectivity index (χ4v) is 3.64. The van der Waals surface area contributed by atoms with E-state index >= 15 is 0 Å². The molecule has 1 aromatic carbocycles. The maximum atomic E-state index is 6.01. The van der Waals surface area contributed by atoms with E-state index in [9.17, 15) is 0 Å². The van der Waals surface area contributed by atoms with E-state index in [0.717, 1.165) is 56.3 Å². The first-order chi connectivity index (χ1) is 14.4. The largest absolute Gasteiger partial charge is 0.487 e. The molecular weight excluding hydrogens is 376 g/mol. The standard InChI is InChI=1S/C24H36N4O2/c1-6-19-14-25-24(26-15-19)27-21-9-11-28(12-10-21)16-20-7-8-22(29-17(2)3)23(13-20)30-18(4)5/h7-8,13-15,17-18,21H,6,9-12,16H2,1-5H3,(H,25,26,27). The van der Waals surface area contributed by atoms with Crippen LogP contribution in [0.1, 0.15) is 58.6 Å². The number of benzene rings is 1. The van der Waals surface area contributed by atoms with Crippen LogP contribution >= 0.6 is 0 Å².